The molecule has 0 radical (unpaired) electrons. The van der Waals surface area contributed by atoms with Gasteiger partial charge in [-0.2, -0.15) is 0 Å². The van der Waals surface area contributed by atoms with Gasteiger partial charge in [-0.25, -0.2) is 9.78 Å². The number of rotatable bonds is 2. The van der Waals surface area contributed by atoms with E-state index in [0.717, 1.165) is 24.2 Å². The molecule has 1 heterocycles. The van der Waals surface area contributed by atoms with Crippen LogP contribution in [0.25, 0.3) is 11.1 Å². The third kappa shape index (κ3) is 1.38. The topological polar surface area (TPSA) is 63.3 Å². The normalized spacial score (nSPS) is 15.7. The van der Waals surface area contributed by atoms with Crippen LogP contribution in [-0.2, 0) is 0 Å². The summed E-state index contributed by atoms with van der Waals surface area (Å²) in [5.74, 6) is 0.250. The molecule has 4 heteroatoms. The number of benzene rings is 1. The number of aromatic nitrogens is 1. The predicted molar refractivity (Wildman–Crippen MR) is 52.9 cm³/mol. The van der Waals surface area contributed by atoms with Gasteiger partial charge in [0.2, 0.25) is 0 Å². The lowest BCUT2D eigenvalue weighted by Crippen LogP contribution is -1.94. The molecule has 1 aliphatic carbocycles. The summed E-state index contributed by atoms with van der Waals surface area (Å²) in [7, 11) is 0. The number of carboxylic acid groups (broad SMARTS) is 1. The molecule has 1 saturated carbocycles. The standard InChI is InChI=1S/C11H9NO3/c13-11(14)7-3-4-8-9(5-7)15-10(12-8)6-1-2-6/h3-6H,1-2H2,(H,13,14). The fourth-order valence-corrected chi connectivity index (χ4v) is 1.58. The van der Waals surface area contributed by atoms with Gasteiger partial charge in [-0.3, -0.25) is 0 Å². The van der Waals surface area contributed by atoms with Crippen molar-refractivity contribution < 1.29 is 14.3 Å². The van der Waals surface area contributed by atoms with Crippen LogP contribution in [0.15, 0.2) is 22.6 Å². The smallest absolute Gasteiger partial charge is 0.335 e. The average molecular weight is 203 g/mol. The molecule has 0 saturated heterocycles. The van der Waals surface area contributed by atoms with Crippen molar-refractivity contribution in [1.29, 1.82) is 0 Å². The maximum atomic E-state index is 10.7. The summed E-state index contributed by atoms with van der Waals surface area (Å²) >= 11 is 0. The summed E-state index contributed by atoms with van der Waals surface area (Å²) in [5.41, 5.74) is 1.54. The lowest BCUT2D eigenvalue weighted by molar-refractivity contribution is 0.0697. The average Bonchev–Trinajstić information content (AvgIpc) is 2.97. The van der Waals surface area contributed by atoms with Crippen molar-refractivity contribution >= 4 is 17.1 Å². The molecular weight excluding hydrogens is 194 g/mol. The van der Waals surface area contributed by atoms with E-state index in [1.165, 1.54) is 6.07 Å². The minimum absolute atomic E-state index is 0.237. The Bertz CT molecular complexity index is 540. The minimum atomic E-state index is -0.943. The molecule has 0 amide bonds. The largest absolute Gasteiger partial charge is 0.478 e. The van der Waals surface area contributed by atoms with Crippen molar-refractivity contribution in [3.8, 4) is 0 Å². The molecule has 1 aliphatic rings. The van der Waals surface area contributed by atoms with Gasteiger partial charge >= 0.3 is 5.97 Å². The van der Waals surface area contributed by atoms with E-state index < -0.39 is 5.97 Å². The molecule has 76 valence electrons. The Morgan fingerprint density at radius 2 is 2.27 bits per heavy atom. The SMILES string of the molecule is O=C(O)c1ccc2nc(C3CC3)oc2c1. The zero-order valence-electron chi connectivity index (χ0n) is 7.93. The second-order valence-electron chi connectivity index (χ2n) is 3.81. The number of carboxylic acids is 1. The fourth-order valence-electron chi connectivity index (χ4n) is 1.58. The summed E-state index contributed by atoms with van der Waals surface area (Å²) in [4.78, 5) is 15.1. The number of aromatic carboxylic acids is 1. The summed E-state index contributed by atoms with van der Waals surface area (Å²) in [5, 5.41) is 8.81. The minimum Gasteiger partial charge on any atom is -0.478 e. The van der Waals surface area contributed by atoms with Crippen molar-refractivity contribution in [3.63, 3.8) is 0 Å². The Kier molecular flexibility index (Phi) is 1.59. The third-order valence-corrected chi connectivity index (χ3v) is 2.58. The maximum Gasteiger partial charge on any atom is 0.335 e. The van der Waals surface area contributed by atoms with Crippen LogP contribution in [0.2, 0.25) is 0 Å². The summed E-state index contributed by atoms with van der Waals surface area (Å²) in [6.45, 7) is 0. The highest BCUT2D eigenvalue weighted by Crippen LogP contribution is 2.40. The highest BCUT2D eigenvalue weighted by molar-refractivity contribution is 5.91. The first-order chi connectivity index (χ1) is 7.24. The quantitative estimate of drug-likeness (QED) is 0.813. The van der Waals surface area contributed by atoms with Crippen LogP contribution in [0.3, 0.4) is 0 Å². The molecule has 15 heavy (non-hydrogen) atoms. The first kappa shape index (κ1) is 8.47. The molecule has 0 atom stereocenters. The van der Waals surface area contributed by atoms with Gasteiger partial charge in [0.05, 0.1) is 5.56 Å². The molecule has 0 spiro atoms. The van der Waals surface area contributed by atoms with Crippen LogP contribution in [0.5, 0.6) is 0 Å². The molecule has 0 unspecified atom stereocenters. The molecule has 0 aliphatic heterocycles. The molecule has 1 fully saturated rings. The van der Waals surface area contributed by atoms with E-state index in [9.17, 15) is 4.79 Å². The monoisotopic (exact) mass is 203 g/mol. The van der Waals surface area contributed by atoms with Gasteiger partial charge in [0.15, 0.2) is 11.5 Å². The second kappa shape index (κ2) is 2.82. The third-order valence-electron chi connectivity index (χ3n) is 2.58. The summed E-state index contributed by atoms with van der Waals surface area (Å²) in [6, 6.07) is 4.76. The first-order valence-corrected chi connectivity index (χ1v) is 4.88. The van der Waals surface area contributed by atoms with Gasteiger partial charge in [-0.15, -0.1) is 0 Å². The van der Waals surface area contributed by atoms with E-state index >= 15 is 0 Å². The molecule has 1 aromatic carbocycles. The Balaban J connectivity index is 2.13. The van der Waals surface area contributed by atoms with Crippen LogP contribution in [0.1, 0.15) is 35.0 Å². The van der Waals surface area contributed by atoms with Crippen LogP contribution in [0, 0.1) is 0 Å². The van der Waals surface area contributed by atoms with Crippen LogP contribution in [0.4, 0.5) is 0 Å². The van der Waals surface area contributed by atoms with Crippen molar-refractivity contribution in [2.24, 2.45) is 0 Å². The van der Waals surface area contributed by atoms with E-state index in [1.807, 2.05) is 0 Å². The van der Waals surface area contributed by atoms with E-state index in [-0.39, 0.29) is 5.56 Å². The first-order valence-electron chi connectivity index (χ1n) is 4.88. The lowest BCUT2D eigenvalue weighted by atomic mass is 10.2. The number of hydrogen-bond acceptors (Lipinski definition) is 3. The van der Waals surface area contributed by atoms with Crippen molar-refractivity contribution in [1.82, 2.24) is 4.98 Å². The zero-order chi connectivity index (χ0) is 10.4. The molecule has 2 aromatic rings. The molecule has 4 nitrogen and oxygen atoms in total. The predicted octanol–water partition coefficient (Wildman–Crippen LogP) is 2.40. The van der Waals surface area contributed by atoms with Crippen LogP contribution in [-0.4, -0.2) is 16.1 Å². The van der Waals surface area contributed by atoms with E-state index in [1.54, 1.807) is 12.1 Å². The van der Waals surface area contributed by atoms with Crippen LogP contribution >= 0.6 is 0 Å². The summed E-state index contributed by atoms with van der Waals surface area (Å²) < 4.78 is 5.51. The number of hydrogen-bond donors (Lipinski definition) is 1. The van der Waals surface area contributed by atoms with Crippen LogP contribution < -0.4 is 0 Å². The maximum absolute atomic E-state index is 10.7. The number of fused-ring (bicyclic) bond motifs is 1. The molecular formula is C11H9NO3. The fraction of sp³-hybridized carbons (Fsp3) is 0.273. The van der Waals surface area contributed by atoms with Gasteiger partial charge in [0, 0.05) is 5.92 Å². The highest BCUT2D eigenvalue weighted by atomic mass is 16.4. The molecule has 3 rings (SSSR count). The summed E-state index contributed by atoms with van der Waals surface area (Å²) in [6.07, 6.45) is 2.25. The van der Waals surface area contributed by atoms with Gasteiger partial charge in [0.25, 0.3) is 0 Å². The Labute approximate surface area is 85.5 Å². The second-order valence-corrected chi connectivity index (χ2v) is 3.81. The molecule has 1 N–H and O–H groups in total. The lowest BCUT2D eigenvalue weighted by Gasteiger charge is -1.91. The van der Waals surface area contributed by atoms with Crippen molar-refractivity contribution in [3.05, 3.63) is 29.7 Å². The number of nitrogens with zero attached hydrogens (tertiary/aromatic N) is 1. The van der Waals surface area contributed by atoms with Gasteiger partial charge in [-0.05, 0) is 31.0 Å². The zero-order valence-corrected chi connectivity index (χ0v) is 7.93. The van der Waals surface area contributed by atoms with Gasteiger partial charge in [-0.1, -0.05) is 0 Å². The van der Waals surface area contributed by atoms with E-state index in [0.29, 0.717) is 11.5 Å². The van der Waals surface area contributed by atoms with E-state index in [2.05, 4.69) is 4.98 Å². The Morgan fingerprint density at radius 1 is 1.47 bits per heavy atom. The van der Waals surface area contributed by atoms with E-state index in [4.69, 9.17) is 9.52 Å². The number of carbonyl (C=O) groups is 1. The number of oxazole rings is 1. The van der Waals surface area contributed by atoms with Gasteiger partial charge < -0.3 is 9.52 Å². The van der Waals surface area contributed by atoms with Crippen molar-refractivity contribution in [2.75, 3.05) is 0 Å². The Morgan fingerprint density at radius 3 is 2.93 bits per heavy atom. The van der Waals surface area contributed by atoms with Crippen molar-refractivity contribution in [2.45, 2.75) is 18.8 Å². The van der Waals surface area contributed by atoms with Gasteiger partial charge in [0.1, 0.15) is 5.52 Å². The Hall–Kier alpha value is -1.84. The highest BCUT2D eigenvalue weighted by Gasteiger charge is 2.28. The molecule has 1 aromatic heterocycles. The molecule has 0 bridgehead atoms.